The summed E-state index contributed by atoms with van der Waals surface area (Å²) in [4.78, 5) is 36.8. The number of rotatable bonds is 1. The second kappa shape index (κ2) is 3.11. The molecular formula is C8H5NO4. The minimum atomic E-state index is -1.09. The summed E-state index contributed by atoms with van der Waals surface area (Å²) in [6, 6.07) is 0. The average molecular weight is 179 g/mol. The van der Waals surface area contributed by atoms with Crippen molar-refractivity contribution in [3.63, 3.8) is 0 Å². The number of hydroxylamine groups is 2. The summed E-state index contributed by atoms with van der Waals surface area (Å²) in [5.41, 5.74) is 0.0785. The van der Waals surface area contributed by atoms with Crippen molar-refractivity contribution < 1.29 is 19.2 Å². The van der Waals surface area contributed by atoms with Crippen LogP contribution in [0.5, 0.6) is 0 Å². The molecule has 1 heterocycles. The molecule has 1 saturated heterocycles. The molecule has 5 heteroatoms. The Hall–Kier alpha value is -2.09. The molecule has 5 nitrogen and oxygen atoms in total. The number of imide groups is 1. The van der Waals surface area contributed by atoms with Crippen molar-refractivity contribution in [3.8, 4) is 12.3 Å². The van der Waals surface area contributed by atoms with Crippen LogP contribution in [-0.2, 0) is 19.2 Å². The van der Waals surface area contributed by atoms with E-state index >= 15 is 0 Å². The monoisotopic (exact) mass is 179 g/mol. The number of carbonyl (C=O) groups excluding carboxylic acids is 3. The van der Waals surface area contributed by atoms with Gasteiger partial charge >= 0.3 is 5.97 Å². The third-order valence-corrected chi connectivity index (χ3v) is 1.37. The second-order valence-corrected chi connectivity index (χ2v) is 2.30. The van der Waals surface area contributed by atoms with E-state index in [0.717, 1.165) is 0 Å². The summed E-state index contributed by atoms with van der Waals surface area (Å²) in [6.07, 6.45) is 4.54. The fourth-order valence-electron chi connectivity index (χ4n) is 0.788. The Morgan fingerprint density at radius 1 is 1.62 bits per heavy atom. The smallest absolute Gasteiger partial charge is 0.317 e. The van der Waals surface area contributed by atoms with Gasteiger partial charge in [-0.1, -0.05) is 11.6 Å². The number of hydrogen-bond acceptors (Lipinski definition) is 4. The quantitative estimate of drug-likeness (QED) is 0.306. The lowest BCUT2D eigenvalue weighted by Gasteiger charge is -2.08. The van der Waals surface area contributed by atoms with Gasteiger partial charge in [-0.15, -0.1) is 6.42 Å². The van der Waals surface area contributed by atoms with Gasteiger partial charge in [-0.2, -0.15) is 0 Å². The minimum Gasteiger partial charge on any atom is -0.317 e. The Labute approximate surface area is 73.9 Å². The van der Waals surface area contributed by atoms with Gasteiger partial charge in [0.15, 0.2) is 0 Å². The zero-order valence-corrected chi connectivity index (χ0v) is 6.57. The minimum absolute atomic E-state index is 0.0785. The molecule has 1 rings (SSSR count). The van der Waals surface area contributed by atoms with E-state index in [4.69, 9.17) is 0 Å². The molecule has 13 heavy (non-hydrogen) atoms. The summed E-state index contributed by atoms with van der Waals surface area (Å²) < 4.78 is 0. The summed E-state index contributed by atoms with van der Waals surface area (Å²) in [7, 11) is 0. The molecule has 0 aromatic rings. The van der Waals surface area contributed by atoms with E-state index in [1.807, 2.05) is 0 Å². The molecular weight excluding hydrogens is 174 g/mol. The summed E-state index contributed by atoms with van der Waals surface area (Å²) in [5, 5.41) is 0.324. The van der Waals surface area contributed by atoms with E-state index in [1.165, 1.54) is 0 Å². The van der Waals surface area contributed by atoms with Crippen LogP contribution in [0.1, 0.15) is 6.42 Å². The third kappa shape index (κ3) is 1.56. The fraction of sp³-hybridized carbons (Fsp3) is 0.125. The Bertz CT molecular complexity index is 350. The summed E-state index contributed by atoms with van der Waals surface area (Å²) in [5.74, 6) is -0.844. The first kappa shape index (κ1) is 9.00. The van der Waals surface area contributed by atoms with Crippen molar-refractivity contribution in [1.29, 1.82) is 0 Å². The average Bonchev–Trinajstić information content (AvgIpc) is 2.32. The molecule has 0 radical (unpaired) electrons. The molecule has 0 aromatic carbocycles. The lowest BCUT2D eigenvalue weighted by atomic mass is 10.3. The van der Waals surface area contributed by atoms with Crippen LogP contribution in [0.25, 0.3) is 0 Å². The zero-order chi connectivity index (χ0) is 10.0. The highest BCUT2D eigenvalue weighted by atomic mass is 16.7. The number of amides is 2. The van der Waals surface area contributed by atoms with Gasteiger partial charge in [-0.05, 0) is 0 Å². The molecule has 1 aliphatic heterocycles. The molecule has 0 unspecified atom stereocenters. The van der Waals surface area contributed by atoms with Crippen LogP contribution in [0.4, 0.5) is 0 Å². The molecule has 0 aromatic heterocycles. The lowest BCUT2D eigenvalue weighted by molar-refractivity contribution is -0.192. The first-order valence-electron chi connectivity index (χ1n) is 3.30. The molecule has 66 valence electrons. The van der Waals surface area contributed by atoms with Crippen molar-refractivity contribution >= 4 is 17.8 Å². The first-order valence-corrected chi connectivity index (χ1v) is 3.30. The van der Waals surface area contributed by atoms with Crippen molar-refractivity contribution in [1.82, 2.24) is 5.06 Å². The zero-order valence-electron chi connectivity index (χ0n) is 6.57. The molecule has 0 aliphatic carbocycles. The van der Waals surface area contributed by atoms with Crippen molar-refractivity contribution in [2.45, 2.75) is 6.42 Å². The van der Waals surface area contributed by atoms with Gasteiger partial charge in [-0.3, -0.25) is 9.59 Å². The van der Waals surface area contributed by atoms with Gasteiger partial charge in [0.2, 0.25) is 0 Å². The van der Waals surface area contributed by atoms with Gasteiger partial charge in [0, 0.05) is 11.5 Å². The summed E-state index contributed by atoms with van der Waals surface area (Å²) in [6.45, 7) is 3.31. The largest absolute Gasteiger partial charge is 0.408 e. The Morgan fingerprint density at radius 3 is 2.62 bits per heavy atom. The highest BCUT2D eigenvalue weighted by Crippen LogP contribution is 2.16. The molecule has 1 aliphatic rings. The van der Waals surface area contributed by atoms with Crippen LogP contribution >= 0.6 is 0 Å². The lowest BCUT2D eigenvalue weighted by Crippen LogP contribution is -2.31. The number of hydrogen-bond donors (Lipinski definition) is 0. The molecule has 0 bridgehead atoms. The topological polar surface area (TPSA) is 63.7 Å². The van der Waals surface area contributed by atoms with E-state index in [-0.39, 0.29) is 12.0 Å². The van der Waals surface area contributed by atoms with Crippen LogP contribution in [0.2, 0.25) is 0 Å². The van der Waals surface area contributed by atoms with E-state index < -0.39 is 17.8 Å². The van der Waals surface area contributed by atoms with E-state index in [0.29, 0.717) is 5.06 Å². The number of terminal acetylenes is 1. The highest BCUT2D eigenvalue weighted by molar-refractivity contribution is 6.12. The third-order valence-electron chi connectivity index (χ3n) is 1.37. The summed E-state index contributed by atoms with van der Waals surface area (Å²) >= 11 is 0. The van der Waals surface area contributed by atoms with Gasteiger partial charge in [-0.25, -0.2) is 4.79 Å². The predicted molar refractivity (Wildman–Crippen MR) is 40.5 cm³/mol. The normalized spacial score (nSPS) is 15.9. The maximum atomic E-state index is 11.0. The Morgan fingerprint density at radius 2 is 2.23 bits per heavy atom. The van der Waals surface area contributed by atoms with E-state index in [2.05, 4.69) is 17.8 Å². The molecule has 1 fully saturated rings. The van der Waals surface area contributed by atoms with Gasteiger partial charge in [0.05, 0.1) is 6.42 Å². The van der Waals surface area contributed by atoms with Crippen LogP contribution in [0, 0.1) is 12.3 Å². The second-order valence-electron chi connectivity index (χ2n) is 2.30. The Kier molecular flexibility index (Phi) is 2.15. The van der Waals surface area contributed by atoms with Crippen LogP contribution < -0.4 is 0 Å². The van der Waals surface area contributed by atoms with Gasteiger partial charge in [0.25, 0.3) is 11.8 Å². The molecule has 0 saturated carbocycles. The first-order chi connectivity index (χ1) is 6.06. The van der Waals surface area contributed by atoms with E-state index in [9.17, 15) is 14.4 Å². The van der Waals surface area contributed by atoms with Crippen molar-refractivity contribution in [3.05, 3.63) is 12.2 Å². The molecule has 0 N–H and O–H groups in total. The van der Waals surface area contributed by atoms with Crippen LogP contribution in [-0.4, -0.2) is 22.8 Å². The van der Waals surface area contributed by atoms with Gasteiger partial charge < -0.3 is 4.84 Å². The number of carbonyl (C=O) groups is 3. The van der Waals surface area contributed by atoms with Crippen LogP contribution in [0.15, 0.2) is 12.2 Å². The number of nitrogens with zero attached hydrogens (tertiary/aromatic N) is 1. The SMILES string of the molecule is C#CC(=O)ON1C(=O)CC(=C)C1=O. The van der Waals surface area contributed by atoms with Crippen molar-refractivity contribution in [2.24, 2.45) is 0 Å². The molecule has 0 spiro atoms. The highest BCUT2D eigenvalue weighted by Gasteiger charge is 2.35. The maximum absolute atomic E-state index is 11.0. The molecule has 0 atom stereocenters. The molecule has 2 amide bonds. The maximum Gasteiger partial charge on any atom is 0.408 e. The standard InChI is InChI=1S/C8H5NO4/c1-3-7(11)13-9-6(10)4-5(2)8(9)12/h1H,2,4H2. The van der Waals surface area contributed by atoms with Crippen molar-refractivity contribution in [2.75, 3.05) is 0 Å². The Balaban J connectivity index is 2.77. The van der Waals surface area contributed by atoms with Crippen LogP contribution in [0.3, 0.4) is 0 Å². The fourth-order valence-corrected chi connectivity index (χ4v) is 0.788. The van der Waals surface area contributed by atoms with Gasteiger partial charge in [0.1, 0.15) is 0 Å². The predicted octanol–water partition coefficient (Wildman–Crippen LogP) is -0.607. The van der Waals surface area contributed by atoms with E-state index in [1.54, 1.807) is 5.92 Å².